The van der Waals surface area contributed by atoms with Crippen LogP contribution in [0.2, 0.25) is 0 Å². The van der Waals surface area contributed by atoms with Crippen LogP contribution in [0.4, 0.5) is 5.82 Å². The first-order valence-corrected chi connectivity index (χ1v) is 6.24. The normalized spacial score (nSPS) is 10.6. The highest BCUT2D eigenvalue weighted by Crippen LogP contribution is 2.31. The van der Waals surface area contributed by atoms with Crippen molar-refractivity contribution in [3.63, 3.8) is 0 Å². The first kappa shape index (κ1) is 10.2. The number of rotatable bonds is 2. The lowest BCUT2D eigenvalue weighted by atomic mass is 10.1. The fraction of sp³-hybridized carbons (Fsp3) is 0.0769. The molecule has 0 spiro atoms. The minimum atomic E-state index is 0.773. The van der Waals surface area contributed by atoms with E-state index in [2.05, 4.69) is 32.8 Å². The second-order valence-corrected chi connectivity index (χ2v) is 4.57. The van der Waals surface area contributed by atoms with E-state index < -0.39 is 0 Å². The van der Waals surface area contributed by atoms with Crippen LogP contribution in [0.5, 0.6) is 0 Å². The molecule has 0 atom stereocenters. The molecule has 84 valence electrons. The van der Waals surface area contributed by atoms with Crippen molar-refractivity contribution in [1.29, 1.82) is 0 Å². The minimum Gasteiger partial charge on any atom is -0.373 e. The van der Waals surface area contributed by atoms with Gasteiger partial charge in [-0.3, -0.25) is 0 Å². The van der Waals surface area contributed by atoms with Gasteiger partial charge < -0.3 is 5.32 Å². The third-order valence-electron chi connectivity index (χ3n) is 2.63. The smallest absolute Gasteiger partial charge is 0.162 e. The van der Waals surface area contributed by atoms with Crippen LogP contribution in [-0.2, 0) is 0 Å². The lowest BCUT2D eigenvalue weighted by molar-refractivity contribution is 1.17. The Morgan fingerprint density at radius 2 is 2.06 bits per heavy atom. The van der Waals surface area contributed by atoms with Gasteiger partial charge in [0.05, 0.1) is 0 Å². The molecule has 3 rings (SSSR count). The Labute approximate surface area is 103 Å². The molecule has 0 unspecified atom stereocenters. The van der Waals surface area contributed by atoms with Gasteiger partial charge in [0.15, 0.2) is 5.82 Å². The van der Waals surface area contributed by atoms with E-state index >= 15 is 0 Å². The van der Waals surface area contributed by atoms with E-state index in [9.17, 15) is 0 Å². The Morgan fingerprint density at radius 1 is 1.18 bits per heavy atom. The van der Waals surface area contributed by atoms with Gasteiger partial charge in [-0.05, 0) is 12.1 Å². The van der Waals surface area contributed by atoms with Crippen LogP contribution in [0.15, 0.2) is 41.9 Å². The Hall–Kier alpha value is -1.94. The Kier molecular flexibility index (Phi) is 2.49. The summed E-state index contributed by atoms with van der Waals surface area (Å²) >= 11 is 1.72. The van der Waals surface area contributed by atoms with Gasteiger partial charge in [0.1, 0.15) is 5.82 Å². The number of benzene rings is 1. The fourth-order valence-corrected chi connectivity index (χ4v) is 2.72. The Bertz CT molecular complexity index is 660. The molecular weight excluding hydrogens is 230 g/mol. The zero-order valence-electron chi connectivity index (χ0n) is 9.34. The van der Waals surface area contributed by atoms with Gasteiger partial charge in [0.2, 0.25) is 0 Å². The maximum atomic E-state index is 4.47. The lowest BCUT2D eigenvalue weighted by Crippen LogP contribution is -1.95. The van der Waals surface area contributed by atoms with E-state index in [-0.39, 0.29) is 0 Å². The molecule has 2 heterocycles. The minimum absolute atomic E-state index is 0.773. The lowest BCUT2D eigenvalue weighted by Gasteiger charge is -2.01. The van der Waals surface area contributed by atoms with Crippen molar-refractivity contribution in [2.75, 3.05) is 12.4 Å². The standard InChI is InChI=1S/C13H11N3S/c1-14-12-6-7-15-13(16-12)10-8-17-11-5-3-2-4-9(10)11/h2-8H,1H3,(H,14,15,16). The highest BCUT2D eigenvalue weighted by atomic mass is 32.1. The van der Waals surface area contributed by atoms with Crippen molar-refractivity contribution in [2.45, 2.75) is 0 Å². The number of fused-ring (bicyclic) bond motifs is 1. The topological polar surface area (TPSA) is 37.8 Å². The summed E-state index contributed by atoms with van der Waals surface area (Å²) in [7, 11) is 1.86. The molecule has 0 radical (unpaired) electrons. The second-order valence-electron chi connectivity index (χ2n) is 3.66. The first-order valence-electron chi connectivity index (χ1n) is 5.36. The number of anilines is 1. The number of thiophene rings is 1. The Balaban J connectivity index is 2.20. The van der Waals surface area contributed by atoms with Gasteiger partial charge in [0, 0.05) is 34.3 Å². The van der Waals surface area contributed by atoms with Crippen molar-refractivity contribution >= 4 is 27.2 Å². The van der Waals surface area contributed by atoms with Crippen molar-refractivity contribution in [3.05, 3.63) is 41.9 Å². The SMILES string of the molecule is CNc1ccnc(-c2csc3ccccc23)n1. The second kappa shape index (κ2) is 4.14. The molecule has 0 aliphatic carbocycles. The summed E-state index contributed by atoms with van der Waals surface area (Å²) in [4.78, 5) is 8.80. The third-order valence-corrected chi connectivity index (χ3v) is 3.60. The number of hydrogen-bond donors (Lipinski definition) is 1. The molecule has 1 N–H and O–H groups in total. The molecule has 4 heteroatoms. The molecule has 0 aliphatic rings. The average molecular weight is 241 g/mol. The van der Waals surface area contributed by atoms with E-state index in [0.717, 1.165) is 17.2 Å². The quantitative estimate of drug-likeness (QED) is 0.747. The molecule has 1 aromatic carbocycles. The third kappa shape index (κ3) is 1.76. The molecule has 3 nitrogen and oxygen atoms in total. The monoisotopic (exact) mass is 241 g/mol. The van der Waals surface area contributed by atoms with Crippen LogP contribution in [0.25, 0.3) is 21.5 Å². The van der Waals surface area contributed by atoms with Crippen LogP contribution in [0, 0.1) is 0 Å². The van der Waals surface area contributed by atoms with E-state index in [1.807, 2.05) is 25.2 Å². The fourth-order valence-electron chi connectivity index (χ4n) is 1.78. The van der Waals surface area contributed by atoms with Crippen LogP contribution < -0.4 is 5.32 Å². The van der Waals surface area contributed by atoms with Gasteiger partial charge >= 0.3 is 0 Å². The van der Waals surface area contributed by atoms with Crippen LogP contribution in [0.3, 0.4) is 0 Å². The van der Waals surface area contributed by atoms with E-state index in [1.165, 1.54) is 10.1 Å². The molecule has 0 bridgehead atoms. The predicted octanol–water partition coefficient (Wildman–Crippen LogP) is 3.40. The van der Waals surface area contributed by atoms with Crippen LogP contribution in [-0.4, -0.2) is 17.0 Å². The number of hydrogen-bond acceptors (Lipinski definition) is 4. The maximum absolute atomic E-state index is 4.47. The summed E-state index contributed by atoms with van der Waals surface area (Å²) in [5, 5.41) is 6.35. The van der Waals surface area contributed by atoms with Gasteiger partial charge in [-0.15, -0.1) is 11.3 Å². The zero-order chi connectivity index (χ0) is 11.7. The summed E-state index contributed by atoms with van der Waals surface area (Å²) in [6, 6.07) is 10.2. The molecule has 0 saturated heterocycles. The van der Waals surface area contributed by atoms with Crippen molar-refractivity contribution in [1.82, 2.24) is 9.97 Å². The molecular formula is C13H11N3S. The number of nitrogens with zero attached hydrogens (tertiary/aromatic N) is 2. The molecule has 2 aromatic heterocycles. The summed E-state index contributed by atoms with van der Waals surface area (Å²) < 4.78 is 1.26. The summed E-state index contributed by atoms with van der Waals surface area (Å²) in [5.74, 6) is 1.61. The van der Waals surface area contributed by atoms with Crippen LogP contribution >= 0.6 is 11.3 Å². The number of nitrogens with one attached hydrogen (secondary N) is 1. The molecule has 0 fully saturated rings. The average Bonchev–Trinajstić information content (AvgIpc) is 2.82. The summed E-state index contributed by atoms with van der Waals surface area (Å²) in [6.07, 6.45) is 1.78. The number of aromatic nitrogens is 2. The van der Waals surface area contributed by atoms with Crippen LogP contribution in [0.1, 0.15) is 0 Å². The molecule has 0 saturated carbocycles. The molecule has 0 aliphatic heterocycles. The molecule has 17 heavy (non-hydrogen) atoms. The predicted molar refractivity (Wildman–Crippen MR) is 72.4 cm³/mol. The highest BCUT2D eigenvalue weighted by molar-refractivity contribution is 7.17. The van der Waals surface area contributed by atoms with Gasteiger partial charge in [-0.1, -0.05) is 18.2 Å². The maximum Gasteiger partial charge on any atom is 0.162 e. The highest BCUT2D eigenvalue weighted by Gasteiger charge is 2.08. The zero-order valence-corrected chi connectivity index (χ0v) is 10.2. The van der Waals surface area contributed by atoms with E-state index in [1.54, 1.807) is 17.5 Å². The van der Waals surface area contributed by atoms with Crippen molar-refractivity contribution in [2.24, 2.45) is 0 Å². The van der Waals surface area contributed by atoms with E-state index in [0.29, 0.717) is 0 Å². The van der Waals surface area contributed by atoms with Gasteiger partial charge in [0.25, 0.3) is 0 Å². The van der Waals surface area contributed by atoms with Crippen molar-refractivity contribution in [3.8, 4) is 11.4 Å². The molecule has 3 aromatic rings. The largest absolute Gasteiger partial charge is 0.373 e. The molecule has 0 amide bonds. The summed E-state index contributed by atoms with van der Waals surface area (Å²) in [6.45, 7) is 0. The first-order chi connectivity index (χ1) is 8.38. The van der Waals surface area contributed by atoms with Gasteiger partial charge in [-0.2, -0.15) is 0 Å². The Morgan fingerprint density at radius 3 is 2.94 bits per heavy atom. The summed E-state index contributed by atoms with van der Waals surface area (Å²) in [5.41, 5.74) is 1.10. The van der Waals surface area contributed by atoms with Crippen molar-refractivity contribution < 1.29 is 0 Å². The van der Waals surface area contributed by atoms with E-state index in [4.69, 9.17) is 0 Å². The van der Waals surface area contributed by atoms with Gasteiger partial charge in [-0.25, -0.2) is 9.97 Å².